The minimum atomic E-state index is -0.136. The van der Waals surface area contributed by atoms with Gasteiger partial charge in [-0.25, -0.2) is 0 Å². The third-order valence-electron chi connectivity index (χ3n) is 7.90. The quantitative estimate of drug-likeness (QED) is 0.783. The average Bonchev–Trinajstić information content (AvgIpc) is 2.94. The van der Waals surface area contributed by atoms with Crippen molar-refractivity contribution in [2.24, 2.45) is 17.3 Å². The van der Waals surface area contributed by atoms with E-state index in [-0.39, 0.29) is 23.2 Å². The second-order valence-corrected chi connectivity index (χ2v) is 8.39. The van der Waals surface area contributed by atoms with Crippen LogP contribution in [0, 0.1) is 17.3 Å². The lowest BCUT2D eigenvalue weighted by molar-refractivity contribution is -0.194. The van der Waals surface area contributed by atoms with Crippen LogP contribution in [0.15, 0.2) is 34.6 Å². The normalized spacial score (nSPS) is 50.0. The number of rotatable bonds is 2. The molecule has 0 radical (unpaired) electrons. The number of methoxy groups -OCH3 is 2. The monoisotopic (exact) mass is 326 g/mol. The number of ketones is 1. The highest BCUT2D eigenvalue weighted by molar-refractivity contribution is 6.03. The maximum absolute atomic E-state index is 13.1. The Morgan fingerprint density at radius 2 is 2.17 bits per heavy atom. The summed E-state index contributed by atoms with van der Waals surface area (Å²) in [5.74, 6) is 1.93. The second kappa shape index (κ2) is 4.05. The van der Waals surface area contributed by atoms with Crippen molar-refractivity contribution >= 4 is 5.78 Å². The highest BCUT2D eigenvalue weighted by Gasteiger charge is 2.76. The molecule has 6 atom stereocenters. The number of hydrogen-bond donors (Lipinski definition) is 0. The predicted octanol–water partition coefficient (Wildman–Crippen LogP) is 2.70. The van der Waals surface area contributed by atoms with Crippen LogP contribution in [0.3, 0.4) is 0 Å². The first kappa shape index (κ1) is 13.9. The average molecular weight is 326 g/mol. The van der Waals surface area contributed by atoms with Gasteiger partial charge in [-0.15, -0.1) is 0 Å². The summed E-state index contributed by atoms with van der Waals surface area (Å²) in [6, 6.07) is 0. The Kier molecular flexibility index (Phi) is 2.34. The van der Waals surface area contributed by atoms with Crippen molar-refractivity contribution in [3.8, 4) is 0 Å². The van der Waals surface area contributed by atoms with Crippen molar-refractivity contribution < 1.29 is 19.0 Å². The summed E-state index contributed by atoms with van der Waals surface area (Å²) in [6.07, 6.45) is 8.96. The fourth-order valence-electron chi connectivity index (χ4n) is 7.05. The summed E-state index contributed by atoms with van der Waals surface area (Å²) in [6.45, 7) is 0. The summed E-state index contributed by atoms with van der Waals surface area (Å²) < 4.78 is 18.2. The summed E-state index contributed by atoms with van der Waals surface area (Å²) in [5, 5.41) is 0. The van der Waals surface area contributed by atoms with E-state index in [9.17, 15) is 4.79 Å². The van der Waals surface area contributed by atoms with Crippen molar-refractivity contribution in [1.29, 1.82) is 0 Å². The molecule has 4 saturated carbocycles. The van der Waals surface area contributed by atoms with Gasteiger partial charge in [0.1, 0.15) is 11.4 Å². The molecular formula is C20H22O4. The van der Waals surface area contributed by atoms with Gasteiger partial charge in [-0.3, -0.25) is 4.79 Å². The first-order valence-corrected chi connectivity index (χ1v) is 9.06. The van der Waals surface area contributed by atoms with Gasteiger partial charge >= 0.3 is 0 Å². The van der Waals surface area contributed by atoms with Crippen LogP contribution in [0.4, 0.5) is 0 Å². The minimum absolute atomic E-state index is 0.105. The van der Waals surface area contributed by atoms with Crippen molar-refractivity contribution in [3.05, 3.63) is 34.6 Å². The molecule has 1 saturated heterocycles. The van der Waals surface area contributed by atoms with Gasteiger partial charge in [-0.05, 0) is 60.3 Å². The topological polar surface area (TPSA) is 44.8 Å². The molecule has 4 bridgehead atoms. The number of hydrogen-bond acceptors (Lipinski definition) is 4. The van der Waals surface area contributed by atoms with E-state index in [0.29, 0.717) is 24.0 Å². The molecule has 1 aliphatic heterocycles. The second-order valence-electron chi connectivity index (χ2n) is 8.39. The first-order valence-electron chi connectivity index (χ1n) is 9.06. The van der Waals surface area contributed by atoms with E-state index in [1.165, 1.54) is 11.1 Å². The van der Waals surface area contributed by atoms with Crippen LogP contribution >= 0.6 is 0 Å². The summed E-state index contributed by atoms with van der Waals surface area (Å²) in [7, 11) is 3.53. The van der Waals surface area contributed by atoms with Crippen molar-refractivity contribution in [2.75, 3.05) is 14.2 Å². The molecule has 126 valence electrons. The van der Waals surface area contributed by atoms with E-state index in [1.807, 2.05) is 13.2 Å². The van der Waals surface area contributed by atoms with Gasteiger partial charge in [0.2, 0.25) is 0 Å². The number of carbonyl (C=O) groups is 1. The maximum atomic E-state index is 13.1. The molecule has 4 heteroatoms. The third-order valence-corrected chi connectivity index (χ3v) is 7.90. The van der Waals surface area contributed by atoms with E-state index in [0.717, 1.165) is 37.0 Å². The minimum Gasteiger partial charge on any atom is -0.497 e. The van der Waals surface area contributed by atoms with E-state index in [2.05, 4.69) is 6.08 Å². The molecule has 0 N–H and O–H groups in total. The number of carbonyl (C=O) groups excluding carboxylic acids is 1. The van der Waals surface area contributed by atoms with Gasteiger partial charge in [0.05, 0.1) is 19.3 Å². The lowest BCUT2D eigenvalue weighted by Gasteiger charge is -2.61. The van der Waals surface area contributed by atoms with Gasteiger partial charge in [0, 0.05) is 25.0 Å². The van der Waals surface area contributed by atoms with Crippen molar-refractivity contribution in [3.63, 3.8) is 0 Å². The SMILES string of the molecule is COC1=CCC2=C3C(=C1)C(=O)C[C@@]14CC[C@]5(OC)C(C1)O[C@@H]2C5C34. The van der Waals surface area contributed by atoms with Crippen LogP contribution < -0.4 is 0 Å². The van der Waals surface area contributed by atoms with Crippen LogP contribution in [0.5, 0.6) is 0 Å². The van der Waals surface area contributed by atoms with Gasteiger partial charge in [0.15, 0.2) is 5.78 Å². The van der Waals surface area contributed by atoms with Crippen molar-refractivity contribution in [2.45, 2.75) is 49.9 Å². The number of allylic oxidation sites excluding steroid dienone is 4. The van der Waals surface area contributed by atoms with Crippen LogP contribution in [0.1, 0.15) is 32.1 Å². The zero-order valence-electron chi connectivity index (χ0n) is 14.1. The Hall–Kier alpha value is -1.39. The van der Waals surface area contributed by atoms with E-state index in [1.54, 1.807) is 7.11 Å². The molecule has 1 heterocycles. The molecule has 4 nitrogen and oxygen atoms in total. The largest absolute Gasteiger partial charge is 0.497 e. The third kappa shape index (κ3) is 1.25. The molecular weight excluding hydrogens is 304 g/mol. The highest BCUT2D eigenvalue weighted by atomic mass is 16.6. The van der Waals surface area contributed by atoms with Crippen LogP contribution in [0.25, 0.3) is 0 Å². The Labute approximate surface area is 141 Å². The molecule has 0 aromatic rings. The van der Waals surface area contributed by atoms with E-state index in [4.69, 9.17) is 14.2 Å². The van der Waals surface area contributed by atoms with Crippen LogP contribution in [-0.4, -0.2) is 37.8 Å². The summed E-state index contributed by atoms with van der Waals surface area (Å²) in [4.78, 5) is 13.1. The predicted molar refractivity (Wildman–Crippen MR) is 86.1 cm³/mol. The van der Waals surface area contributed by atoms with Crippen LogP contribution in [0.2, 0.25) is 0 Å². The van der Waals surface area contributed by atoms with Gasteiger partial charge in [-0.1, -0.05) is 0 Å². The first-order chi connectivity index (χ1) is 11.6. The van der Waals surface area contributed by atoms with Gasteiger partial charge in [0.25, 0.3) is 0 Å². The Morgan fingerprint density at radius 3 is 2.96 bits per heavy atom. The van der Waals surface area contributed by atoms with Crippen LogP contribution in [-0.2, 0) is 19.0 Å². The summed E-state index contributed by atoms with van der Waals surface area (Å²) >= 11 is 0. The Morgan fingerprint density at radius 1 is 1.29 bits per heavy atom. The molecule has 6 aliphatic carbocycles. The standard InChI is InChI=1S/C20H22O4/c1-22-10-3-4-11-15-12(7-10)13(21)8-19-5-6-20(23-2)14(9-19)24-18(11)17(20)16(15)19/h3,7,14,16-18H,4-6,8-9H2,1-2H3/t14?,16?,17?,18-,19-,20-/m0/s1. The molecule has 3 unspecified atom stereocenters. The molecule has 1 spiro atoms. The fraction of sp³-hybridized carbons (Fsp3) is 0.650. The number of Topliss-reactive ketones (excluding diaryl/α,β-unsaturated/α-hetero) is 1. The van der Waals surface area contributed by atoms with E-state index < -0.39 is 0 Å². The van der Waals surface area contributed by atoms with Gasteiger partial charge in [-0.2, -0.15) is 0 Å². The smallest absolute Gasteiger partial charge is 0.163 e. The Bertz CT molecular complexity index is 775. The Balaban J connectivity index is 1.61. The van der Waals surface area contributed by atoms with Gasteiger partial charge < -0.3 is 14.2 Å². The molecule has 0 aromatic carbocycles. The maximum Gasteiger partial charge on any atom is 0.163 e. The summed E-state index contributed by atoms with van der Waals surface area (Å²) in [5.41, 5.74) is 3.48. The number of ether oxygens (including phenoxy) is 3. The fourth-order valence-corrected chi connectivity index (χ4v) is 7.05. The molecule has 5 fully saturated rings. The molecule has 0 amide bonds. The zero-order chi connectivity index (χ0) is 16.3. The highest BCUT2D eigenvalue weighted by Crippen LogP contribution is 2.74. The molecule has 7 aliphatic rings. The molecule has 24 heavy (non-hydrogen) atoms. The molecule has 7 rings (SSSR count). The van der Waals surface area contributed by atoms with E-state index >= 15 is 0 Å². The van der Waals surface area contributed by atoms with Crippen molar-refractivity contribution in [1.82, 2.24) is 0 Å². The molecule has 0 aromatic heterocycles. The zero-order valence-corrected chi connectivity index (χ0v) is 14.1. The number of fused-ring (bicyclic) bond motifs is 2. The lowest BCUT2D eigenvalue weighted by Crippen LogP contribution is -2.64. The lowest BCUT2D eigenvalue weighted by atomic mass is 9.44.